The number of amides is 1. The van der Waals surface area contributed by atoms with E-state index in [1.54, 1.807) is 0 Å². The van der Waals surface area contributed by atoms with Crippen LogP contribution in [0.4, 0.5) is 0 Å². The van der Waals surface area contributed by atoms with E-state index in [1.165, 1.54) is 11.1 Å². The molecule has 1 fully saturated rings. The van der Waals surface area contributed by atoms with E-state index in [4.69, 9.17) is 9.73 Å². The molecule has 1 aliphatic rings. The van der Waals surface area contributed by atoms with Crippen molar-refractivity contribution in [3.63, 3.8) is 0 Å². The molecule has 2 rings (SSSR count). The summed E-state index contributed by atoms with van der Waals surface area (Å²) in [4.78, 5) is 21.3. The first kappa shape index (κ1) is 23.2. The summed E-state index contributed by atoms with van der Waals surface area (Å²) in [6, 6.07) is 8.61. The van der Waals surface area contributed by atoms with Gasteiger partial charge in [0.1, 0.15) is 0 Å². The van der Waals surface area contributed by atoms with Gasteiger partial charge in [0.2, 0.25) is 5.91 Å². The van der Waals surface area contributed by atoms with Crippen molar-refractivity contribution in [2.24, 2.45) is 4.99 Å². The first-order valence-corrected chi connectivity index (χ1v) is 10.9. The monoisotopic (exact) mass is 402 g/mol. The first-order valence-electron chi connectivity index (χ1n) is 10.9. The normalized spacial score (nSPS) is 16.4. The van der Waals surface area contributed by atoms with Crippen molar-refractivity contribution in [3.05, 3.63) is 35.4 Å². The van der Waals surface area contributed by atoms with Crippen molar-refractivity contribution in [1.82, 2.24) is 15.1 Å². The smallest absolute Gasteiger partial charge is 0.242 e. The molecule has 0 aromatic heterocycles. The van der Waals surface area contributed by atoms with E-state index >= 15 is 0 Å². The Morgan fingerprint density at radius 2 is 1.83 bits per heavy atom. The highest BCUT2D eigenvalue weighted by molar-refractivity contribution is 5.86. The van der Waals surface area contributed by atoms with Gasteiger partial charge in [0.25, 0.3) is 0 Å². The molecule has 0 atom stereocenters. The molecule has 1 aliphatic heterocycles. The van der Waals surface area contributed by atoms with Crippen LogP contribution in [0.3, 0.4) is 0 Å². The zero-order chi connectivity index (χ0) is 21.3. The van der Waals surface area contributed by atoms with Crippen LogP contribution in [0.1, 0.15) is 44.7 Å². The van der Waals surface area contributed by atoms with Gasteiger partial charge in [0, 0.05) is 45.3 Å². The second kappa shape index (κ2) is 11.2. The van der Waals surface area contributed by atoms with Gasteiger partial charge in [0.05, 0.1) is 13.1 Å². The highest BCUT2D eigenvalue weighted by Crippen LogP contribution is 2.37. The minimum Gasteiger partial charge on any atom is -0.381 e. The van der Waals surface area contributed by atoms with Gasteiger partial charge in [-0.2, -0.15) is 0 Å². The third-order valence-electron chi connectivity index (χ3n) is 5.88. The maximum Gasteiger partial charge on any atom is 0.242 e. The van der Waals surface area contributed by atoms with E-state index in [0.29, 0.717) is 13.1 Å². The number of likely N-dealkylation sites (N-methyl/N-ethyl adjacent to an activating group) is 2. The summed E-state index contributed by atoms with van der Waals surface area (Å²) in [5, 5.41) is 3.36. The minimum absolute atomic E-state index is 0.0199. The van der Waals surface area contributed by atoms with E-state index in [2.05, 4.69) is 43.4 Å². The van der Waals surface area contributed by atoms with Crippen molar-refractivity contribution >= 4 is 11.9 Å². The quantitative estimate of drug-likeness (QED) is 0.537. The molecule has 0 unspecified atom stereocenters. The summed E-state index contributed by atoms with van der Waals surface area (Å²) < 4.78 is 5.67. The summed E-state index contributed by atoms with van der Waals surface area (Å²) in [7, 11) is 1.94. The number of rotatable bonds is 8. The molecule has 0 radical (unpaired) electrons. The predicted octanol–water partition coefficient (Wildman–Crippen LogP) is 2.81. The lowest BCUT2D eigenvalue weighted by atomic mass is 9.72. The lowest BCUT2D eigenvalue weighted by Gasteiger charge is -2.38. The Morgan fingerprint density at radius 3 is 2.41 bits per heavy atom. The van der Waals surface area contributed by atoms with Crippen LogP contribution in [0, 0.1) is 6.92 Å². The SMILES string of the molecule is CCNC(=NCC1(c2ccccc2C)CCOCC1)N(C)CC(=O)N(CC)CC. The van der Waals surface area contributed by atoms with E-state index in [1.807, 2.05) is 30.7 Å². The molecule has 1 amide bonds. The Morgan fingerprint density at radius 1 is 1.17 bits per heavy atom. The summed E-state index contributed by atoms with van der Waals surface area (Å²) >= 11 is 0. The summed E-state index contributed by atoms with van der Waals surface area (Å²) in [6.45, 7) is 13.0. The van der Waals surface area contributed by atoms with Crippen molar-refractivity contribution in [2.75, 3.05) is 53.0 Å². The van der Waals surface area contributed by atoms with Crippen LogP contribution in [-0.2, 0) is 14.9 Å². The van der Waals surface area contributed by atoms with Crippen LogP contribution in [0.25, 0.3) is 0 Å². The molecule has 6 heteroatoms. The van der Waals surface area contributed by atoms with Crippen molar-refractivity contribution < 1.29 is 9.53 Å². The maximum absolute atomic E-state index is 12.5. The van der Waals surface area contributed by atoms with Crippen LogP contribution in [0.2, 0.25) is 0 Å². The molecule has 1 saturated heterocycles. The Balaban J connectivity index is 2.23. The number of hydrogen-bond donors (Lipinski definition) is 1. The van der Waals surface area contributed by atoms with E-state index in [9.17, 15) is 4.79 Å². The van der Waals surface area contributed by atoms with Crippen LogP contribution in [0.15, 0.2) is 29.3 Å². The van der Waals surface area contributed by atoms with Crippen molar-refractivity contribution in [3.8, 4) is 0 Å². The van der Waals surface area contributed by atoms with Gasteiger partial charge in [-0.3, -0.25) is 9.79 Å². The average molecular weight is 403 g/mol. The number of carbonyl (C=O) groups is 1. The van der Waals surface area contributed by atoms with Crippen molar-refractivity contribution in [2.45, 2.75) is 46.0 Å². The number of benzene rings is 1. The van der Waals surface area contributed by atoms with Crippen LogP contribution in [-0.4, -0.2) is 74.7 Å². The molecular formula is C23H38N4O2. The van der Waals surface area contributed by atoms with Crippen molar-refractivity contribution in [1.29, 1.82) is 0 Å². The Kier molecular flexibility index (Phi) is 8.96. The highest BCUT2D eigenvalue weighted by atomic mass is 16.5. The fraction of sp³-hybridized carbons (Fsp3) is 0.652. The fourth-order valence-electron chi connectivity index (χ4n) is 4.09. The highest BCUT2D eigenvalue weighted by Gasteiger charge is 2.35. The number of aliphatic imine (C=N–C) groups is 1. The molecule has 0 spiro atoms. The summed E-state index contributed by atoms with van der Waals surface area (Å²) in [6.07, 6.45) is 1.92. The number of guanidine groups is 1. The minimum atomic E-state index is -0.0199. The topological polar surface area (TPSA) is 57.2 Å². The number of nitrogens with one attached hydrogen (secondary N) is 1. The van der Waals surface area contributed by atoms with Crippen LogP contribution in [0.5, 0.6) is 0 Å². The average Bonchev–Trinajstić information content (AvgIpc) is 2.73. The molecule has 1 aromatic carbocycles. The van der Waals surface area contributed by atoms with Gasteiger partial charge in [-0.1, -0.05) is 24.3 Å². The van der Waals surface area contributed by atoms with Gasteiger partial charge >= 0.3 is 0 Å². The molecule has 0 aliphatic carbocycles. The predicted molar refractivity (Wildman–Crippen MR) is 119 cm³/mol. The molecular weight excluding hydrogens is 364 g/mol. The van der Waals surface area contributed by atoms with Gasteiger partial charge < -0.3 is 19.9 Å². The molecule has 29 heavy (non-hydrogen) atoms. The lowest BCUT2D eigenvalue weighted by Crippen LogP contribution is -2.46. The summed E-state index contributed by atoms with van der Waals surface area (Å²) in [5.74, 6) is 0.912. The number of nitrogens with zero attached hydrogens (tertiary/aromatic N) is 3. The van der Waals surface area contributed by atoms with Gasteiger partial charge in [-0.25, -0.2) is 0 Å². The third kappa shape index (κ3) is 5.95. The molecule has 1 N–H and O–H groups in total. The molecule has 1 aromatic rings. The molecule has 6 nitrogen and oxygen atoms in total. The van der Waals surface area contributed by atoms with E-state index in [0.717, 1.165) is 51.6 Å². The maximum atomic E-state index is 12.5. The van der Waals surface area contributed by atoms with Crippen LogP contribution >= 0.6 is 0 Å². The first-order chi connectivity index (χ1) is 14.0. The zero-order valence-electron chi connectivity index (χ0n) is 18.8. The number of hydrogen-bond acceptors (Lipinski definition) is 3. The Bertz CT molecular complexity index is 679. The van der Waals surface area contributed by atoms with Gasteiger partial charge in [-0.15, -0.1) is 0 Å². The Hall–Kier alpha value is -2.08. The van der Waals surface area contributed by atoms with E-state index in [-0.39, 0.29) is 11.3 Å². The standard InChI is InChI=1S/C23H38N4O2/c1-6-24-22(26(5)17-21(28)27(7-2)8-3)25-18-23(13-15-29-16-14-23)20-12-10-9-11-19(20)4/h9-12H,6-8,13-18H2,1-5H3,(H,24,25). The molecule has 0 saturated carbocycles. The molecule has 0 bridgehead atoms. The Labute approximate surface area is 176 Å². The summed E-state index contributed by atoms with van der Waals surface area (Å²) in [5.41, 5.74) is 2.65. The largest absolute Gasteiger partial charge is 0.381 e. The lowest BCUT2D eigenvalue weighted by molar-refractivity contribution is -0.131. The second-order valence-electron chi connectivity index (χ2n) is 7.80. The van der Waals surface area contributed by atoms with Gasteiger partial charge in [0.15, 0.2) is 5.96 Å². The zero-order valence-corrected chi connectivity index (χ0v) is 18.8. The van der Waals surface area contributed by atoms with Crippen LogP contribution < -0.4 is 5.32 Å². The second-order valence-corrected chi connectivity index (χ2v) is 7.80. The van der Waals surface area contributed by atoms with E-state index < -0.39 is 0 Å². The molecule has 162 valence electrons. The number of carbonyl (C=O) groups excluding carboxylic acids is 1. The van der Waals surface area contributed by atoms with Gasteiger partial charge in [-0.05, 0) is 51.7 Å². The third-order valence-corrected chi connectivity index (χ3v) is 5.88. The molecule has 1 heterocycles. The number of aryl methyl sites for hydroxylation is 1. The number of ether oxygens (including phenoxy) is 1. The fourth-order valence-corrected chi connectivity index (χ4v) is 4.09.